The lowest BCUT2D eigenvalue weighted by atomic mass is 9.88. The van der Waals surface area contributed by atoms with Crippen LogP contribution in [0.25, 0.3) is 0 Å². The van der Waals surface area contributed by atoms with Crippen LogP contribution in [0.1, 0.15) is 67.0 Å². The Morgan fingerprint density at radius 3 is 2.25 bits per heavy atom. The minimum Gasteiger partial charge on any atom is -0.367 e. The van der Waals surface area contributed by atoms with Gasteiger partial charge in [-0.2, -0.15) is 0 Å². The van der Waals surface area contributed by atoms with Crippen LogP contribution in [-0.4, -0.2) is 30.6 Å². The van der Waals surface area contributed by atoms with Crippen molar-refractivity contribution in [3.05, 3.63) is 64.2 Å². The molecule has 3 rings (SSSR count). The topological polar surface area (TPSA) is 6.48 Å². The van der Waals surface area contributed by atoms with E-state index in [1.165, 1.54) is 53.7 Å². The van der Waals surface area contributed by atoms with Crippen LogP contribution >= 0.6 is 0 Å². The van der Waals surface area contributed by atoms with Crippen molar-refractivity contribution < 1.29 is 0 Å². The molecule has 2 aromatic carbocycles. The highest BCUT2D eigenvalue weighted by atomic mass is 15.3. The number of para-hydroxylation sites is 1. The second kappa shape index (κ2) is 9.13. The van der Waals surface area contributed by atoms with Crippen LogP contribution < -0.4 is 4.90 Å². The molecule has 0 radical (unpaired) electrons. The highest BCUT2D eigenvalue weighted by Gasteiger charge is 2.28. The van der Waals surface area contributed by atoms with Crippen molar-refractivity contribution >= 4 is 5.69 Å². The van der Waals surface area contributed by atoms with E-state index in [1.807, 2.05) is 0 Å². The number of nitrogens with zero attached hydrogens (tertiary/aromatic N) is 2. The summed E-state index contributed by atoms with van der Waals surface area (Å²) >= 11 is 0. The highest BCUT2D eigenvalue weighted by molar-refractivity contribution is 5.48. The van der Waals surface area contributed by atoms with E-state index in [-0.39, 0.29) is 0 Å². The molecule has 0 aromatic heterocycles. The van der Waals surface area contributed by atoms with Crippen molar-refractivity contribution in [3.8, 4) is 0 Å². The number of rotatable bonds is 5. The maximum absolute atomic E-state index is 2.76. The van der Waals surface area contributed by atoms with Crippen molar-refractivity contribution in [1.82, 2.24) is 4.90 Å². The Morgan fingerprint density at radius 2 is 1.61 bits per heavy atom. The number of aryl methyl sites for hydroxylation is 2. The molecule has 1 aliphatic heterocycles. The zero-order chi connectivity index (χ0) is 20.3. The predicted octanol–water partition coefficient (Wildman–Crippen LogP) is 6.36. The Labute approximate surface area is 172 Å². The van der Waals surface area contributed by atoms with Gasteiger partial charge >= 0.3 is 0 Å². The molecule has 0 amide bonds. The fraction of sp³-hybridized carbons (Fsp3) is 0.538. The van der Waals surface area contributed by atoms with Crippen LogP contribution in [0, 0.1) is 27.7 Å². The summed E-state index contributed by atoms with van der Waals surface area (Å²) in [4.78, 5) is 5.41. The summed E-state index contributed by atoms with van der Waals surface area (Å²) in [7, 11) is 0. The van der Waals surface area contributed by atoms with E-state index in [1.54, 1.807) is 5.56 Å². The van der Waals surface area contributed by atoms with Gasteiger partial charge in [-0.1, -0.05) is 38.1 Å². The van der Waals surface area contributed by atoms with E-state index < -0.39 is 0 Å². The zero-order valence-electron chi connectivity index (χ0n) is 18.8. The highest BCUT2D eigenvalue weighted by Crippen LogP contribution is 2.34. The van der Waals surface area contributed by atoms with Gasteiger partial charge in [0.1, 0.15) is 0 Å². The summed E-state index contributed by atoms with van der Waals surface area (Å²) in [6.07, 6.45) is 3.62. The smallest absolute Gasteiger partial charge is 0.0369 e. The molecular weight excluding hydrogens is 340 g/mol. The SMILES string of the molecule is CCC(c1c(C)cc(C)c(C)c1C)N1CC[C@@H](CC)N(c2ccccc2)CC1. The van der Waals surface area contributed by atoms with Gasteiger partial charge in [0, 0.05) is 37.4 Å². The summed E-state index contributed by atoms with van der Waals surface area (Å²) < 4.78 is 0. The fourth-order valence-electron chi connectivity index (χ4n) is 5.16. The van der Waals surface area contributed by atoms with Crippen molar-refractivity contribution in [3.63, 3.8) is 0 Å². The van der Waals surface area contributed by atoms with Gasteiger partial charge in [-0.05, 0) is 86.9 Å². The summed E-state index contributed by atoms with van der Waals surface area (Å²) in [6, 6.07) is 14.5. The minimum atomic E-state index is 0.521. The van der Waals surface area contributed by atoms with E-state index in [2.05, 4.69) is 87.7 Å². The molecule has 1 aliphatic rings. The average molecular weight is 379 g/mol. The standard InChI is InChI=1S/C26H38N2/c1-7-23-14-15-27(16-17-28(23)24-12-10-9-11-13-24)25(8-2)26-20(4)18-19(3)21(5)22(26)6/h9-13,18,23,25H,7-8,14-17H2,1-6H3/t23-,25?/m1/s1. The number of hydrogen-bond donors (Lipinski definition) is 0. The van der Waals surface area contributed by atoms with Gasteiger partial charge in [0.2, 0.25) is 0 Å². The molecule has 0 N–H and O–H groups in total. The third-order valence-electron chi connectivity index (χ3n) is 6.95. The lowest BCUT2D eigenvalue weighted by Gasteiger charge is -2.33. The Morgan fingerprint density at radius 1 is 0.893 bits per heavy atom. The fourth-order valence-corrected chi connectivity index (χ4v) is 5.16. The van der Waals surface area contributed by atoms with Crippen LogP contribution in [0.2, 0.25) is 0 Å². The van der Waals surface area contributed by atoms with Crippen LogP contribution in [0.3, 0.4) is 0 Å². The third kappa shape index (κ3) is 4.12. The van der Waals surface area contributed by atoms with E-state index >= 15 is 0 Å². The third-order valence-corrected chi connectivity index (χ3v) is 6.95. The molecule has 0 bridgehead atoms. The Bertz CT molecular complexity index is 781. The lowest BCUT2D eigenvalue weighted by molar-refractivity contribution is 0.202. The first-order valence-electron chi connectivity index (χ1n) is 11.1. The van der Waals surface area contributed by atoms with E-state index in [0.717, 1.165) is 13.1 Å². The predicted molar refractivity (Wildman–Crippen MR) is 122 cm³/mol. The first-order valence-corrected chi connectivity index (χ1v) is 11.1. The molecular formula is C26H38N2. The molecule has 0 aliphatic carbocycles. The van der Waals surface area contributed by atoms with Crippen LogP contribution in [-0.2, 0) is 0 Å². The maximum Gasteiger partial charge on any atom is 0.0369 e. The van der Waals surface area contributed by atoms with Gasteiger partial charge in [-0.3, -0.25) is 4.90 Å². The van der Waals surface area contributed by atoms with Crippen LogP contribution in [0.5, 0.6) is 0 Å². The number of hydrogen-bond acceptors (Lipinski definition) is 2. The van der Waals surface area contributed by atoms with Gasteiger partial charge in [0.25, 0.3) is 0 Å². The molecule has 0 spiro atoms. The van der Waals surface area contributed by atoms with Crippen molar-refractivity contribution in [2.45, 2.75) is 72.9 Å². The number of anilines is 1. The molecule has 1 unspecified atom stereocenters. The molecule has 2 atom stereocenters. The Balaban J connectivity index is 1.89. The maximum atomic E-state index is 2.76. The van der Waals surface area contributed by atoms with E-state index in [0.29, 0.717) is 12.1 Å². The molecule has 2 heteroatoms. The van der Waals surface area contributed by atoms with Crippen LogP contribution in [0.4, 0.5) is 5.69 Å². The normalized spacial score (nSPS) is 19.5. The molecule has 1 saturated heterocycles. The lowest BCUT2D eigenvalue weighted by Crippen LogP contribution is -2.36. The second-order valence-electron chi connectivity index (χ2n) is 8.51. The molecule has 1 heterocycles. The van der Waals surface area contributed by atoms with Crippen LogP contribution in [0.15, 0.2) is 36.4 Å². The monoisotopic (exact) mass is 378 g/mol. The molecule has 152 valence electrons. The van der Waals surface area contributed by atoms with Crippen molar-refractivity contribution in [2.75, 3.05) is 24.5 Å². The van der Waals surface area contributed by atoms with Gasteiger partial charge in [-0.25, -0.2) is 0 Å². The summed E-state index contributed by atoms with van der Waals surface area (Å²) in [5, 5.41) is 0. The van der Waals surface area contributed by atoms with Crippen molar-refractivity contribution in [2.24, 2.45) is 0 Å². The van der Waals surface area contributed by atoms with Gasteiger partial charge in [-0.15, -0.1) is 0 Å². The first kappa shape index (κ1) is 20.9. The summed E-state index contributed by atoms with van der Waals surface area (Å²) in [5.74, 6) is 0. The van der Waals surface area contributed by atoms with Gasteiger partial charge in [0.05, 0.1) is 0 Å². The molecule has 28 heavy (non-hydrogen) atoms. The molecule has 1 fully saturated rings. The molecule has 0 saturated carbocycles. The molecule has 2 aromatic rings. The average Bonchev–Trinajstić information content (AvgIpc) is 2.92. The second-order valence-corrected chi connectivity index (χ2v) is 8.51. The van der Waals surface area contributed by atoms with E-state index in [9.17, 15) is 0 Å². The number of benzene rings is 2. The van der Waals surface area contributed by atoms with E-state index in [4.69, 9.17) is 0 Å². The summed E-state index contributed by atoms with van der Waals surface area (Å²) in [6.45, 7) is 17.3. The molecule has 2 nitrogen and oxygen atoms in total. The largest absolute Gasteiger partial charge is 0.367 e. The Kier molecular flexibility index (Phi) is 6.82. The minimum absolute atomic E-state index is 0.521. The quantitative estimate of drug-likeness (QED) is 0.597. The van der Waals surface area contributed by atoms with Gasteiger partial charge < -0.3 is 4.90 Å². The zero-order valence-corrected chi connectivity index (χ0v) is 18.8. The first-order chi connectivity index (χ1) is 13.5. The van der Waals surface area contributed by atoms with Gasteiger partial charge in [0.15, 0.2) is 0 Å². The van der Waals surface area contributed by atoms with Crippen molar-refractivity contribution in [1.29, 1.82) is 0 Å². The Hall–Kier alpha value is -1.80. The summed E-state index contributed by atoms with van der Waals surface area (Å²) in [5.41, 5.74) is 8.80.